The van der Waals surface area contributed by atoms with Crippen LogP contribution in [-0.2, 0) is 11.3 Å². The third-order valence-corrected chi connectivity index (χ3v) is 17.0. The summed E-state index contributed by atoms with van der Waals surface area (Å²) in [5, 5.41) is 29.5. The third-order valence-electron chi connectivity index (χ3n) is 17.0. The third kappa shape index (κ3) is 12.9. The van der Waals surface area contributed by atoms with Gasteiger partial charge in [-0.15, -0.1) is 0 Å². The van der Waals surface area contributed by atoms with E-state index in [0.717, 1.165) is 144 Å². The molecule has 2 aliphatic heterocycles. The molecular weight excluding hydrogens is 1180 g/mol. The second kappa shape index (κ2) is 27.1. The van der Waals surface area contributed by atoms with Crippen LogP contribution in [0, 0.1) is 0 Å². The van der Waals surface area contributed by atoms with Crippen LogP contribution in [0.5, 0.6) is 5.75 Å². The molecular formula is C72H64N16O6. The SMILES string of the molecule is COc1ccccc1N1CCN(C(=O)c2ccc(-c3cnc4[nH]cc(-c5cn[nH]c5)c4c3)cc2)CC1.O=C(NCC1CCCO1)c1ccc(-c2cnc3[nH]cc(-c4cn[nH]c4)c3c2)cc1.O=C(NCc1ccco1)c1ccc(-c2cnc3[nH]cc(-c4cn[nH]c4)c3c2)cc1. The monoisotopic (exact) mass is 1250 g/mol. The molecule has 0 bridgehead atoms. The van der Waals surface area contributed by atoms with Gasteiger partial charge in [0, 0.05) is 178 Å². The Hall–Kier alpha value is -12.2. The van der Waals surface area contributed by atoms with E-state index in [4.69, 9.17) is 13.9 Å². The summed E-state index contributed by atoms with van der Waals surface area (Å²) in [6.07, 6.45) is 26.1. The Morgan fingerprint density at radius 2 is 1.00 bits per heavy atom. The molecule has 12 heterocycles. The van der Waals surface area contributed by atoms with Gasteiger partial charge in [0.05, 0.1) is 50.3 Å². The van der Waals surface area contributed by atoms with Crippen LogP contribution in [0.3, 0.4) is 0 Å². The number of H-pyrrole nitrogens is 6. The molecule has 2 fully saturated rings. The standard InChI is InChI=1S/C28H26N6O2.C22H21N5O2.C22H17N5O2/c1-36-26-5-3-2-4-25(26)33-10-12-34(13-11-33)28(35)20-8-6-19(7-9-20)21-14-23-24(22-16-31-32-17-22)18-30-27(23)29-15-21;2*28-22(25-12-18-2-1-7-29-18)15-5-3-14(4-6-15)16-8-19-20(17-10-26-27-11-17)13-24-21(19)23-9-16/h2-9,14-18H,10-13H2,1H3,(H,29,30)(H,31,32);3-6,8-11,13,18H,1-2,7,12H2,(H,23,24)(H,25,28)(H,26,27);1-11,13H,12H2,(H,23,24)(H,25,28)(H,26,27). The zero-order valence-corrected chi connectivity index (χ0v) is 51.1. The van der Waals surface area contributed by atoms with E-state index < -0.39 is 0 Å². The molecule has 468 valence electrons. The van der Waals surface area contributed by atoms with Gasteiger partial charge in [0.25, 0.3) is 17.7 Å². The minimum absolute atomic E-state index is 0.0580. The highest BCUT2D eigenvalue weighted by Gasteiger charge is 2.25. The van der Waals surface area contributed by atoms with E-state index in [2.05, 4.69) is 100 Å². The first-order valence-corrected chi connectivity index (χ1v) is 30.8. The van der Waals surface area contributed by atoms with Gasteiger partial charge in [-0.2, -0.15) is 15.3 Å². The number of methoxy groups -OCH3 is 1. The molecule has 0 radical (unpaired) electrons. The molecule has 14 aromatic rings. The highest BCUT2D eigenvalue weighted by Crippen LogP contribution is 2.35. The van der Waals surface area contributed by atoms with Crippen molar-refractivity contribution in [1.82, 2.24) is 76.0 Å². The van der Waals surface area contributed by atoms with Crippen LogP contribution in [-0.4, -0.2) is 136 Å². The molecule has 1 unspecified atom stereocenters. The van der Waals surface area contributed by atoms with Gasteiger partial charge in [0.2, 0.25) is 0 Å². The number of amides is 3. The first kappa shape index (κ1) is 59.5. The zero-order valence-electron chi connectivity index (χ0n) is 51.1. The summed E-state index contributed by atoms with van der Waals surface area (Å²) >= 11 is 0. The van der Waals surface area contributed by atoms with Crippen molar-refractivity contribution in [2.45, 2.75) is 25.5 Å². The topological polar surface area (TPSA) is 285 Å². The van der Waals surface area contributed by atoms with Crippen LogP contribution < -0.4 is 20.3 Å². The van der Waals surface area contributed by atoms with E-state index in [1.807, 2.05) is 158 Å². The Bertz CT molecular complexity index is 4850. The van der Waals surface area contributed by atoms with E-state index in [1.165, 1.54) is 0 Å². The zero-order chi connectivity index (χ0) is 63.7. The number of furan rings is 1. The maximum absolute atomic E-state index is 13.2. The van der Waals surface area contributed by atoms with Crippen molar-refractivity contribution in [2.24, 2.45) is 0 Å². The highest BCUT2D eigenvalue weighted by atomic mass is 16.5. The average Bonchev–Trinajstić information content (AvgIpc) is 1.64. The summed E-state index contributed by atoms with van der Waals surface area (Å²) in [6.45, 7) is 4.59. The molecule has 0 spiro atoms. The molecule has 0 aliphatic carbocycles. The van der Waals surface area contributed by atoms with Crippen molar-refractivity contribution >= 4 is 56.5 Å². The number of hydrogen-bond donors (Lipinski definition) is 8. The lowest BCUT2D eigenvalue weighted by Crippen LogP contribution is -2.48. The number of fused-ring (bicyclic) bond motifs is 3. The van der Waals surface area contributed by atoms with E-state index in [9.17, 15) is 14.4 Å². The smallest absolute Gasteiger partial charge is 0.253 e. The van der Waals surface area contributed by atoms with Gasteiger partial charge in [0.1, 0.15) is 28.5 Å². The number of aromatic amines is 6. The van der Waals surface area contributed by atoms with Crippen molar-refractivity contribution < 1.29 is 28.3 Å². The molecule has 16 rings (SSSR count). The van der Waals surface area contributed by atoms with Crippen LogP contribution in [0.15, 0.2) is 212 Å². The Balaban J connectivity index is 0.000000123. The largest absolute Gasteiger partial charge is 0.495 e. The number of aromatic nitrogens is 12. The molecule has 3 amide bonds. The van der Waals surface area contributed by atoms with Gasteiger partial charge in [-0.1, -0.05) is 48.5 Å². The van der Waals surface area contributed by atoms with Crippen molar-refractivity contribution in [2.75, 3.05) is 51.3 Å². The summed E-state index contributed by atoms with van der Waals surface area (Å²) < 4.78 is 16.3. The number of anilines is 1. The quantitative estimate of drug-likeness (QED) is 0.0474. The molecule has 2 aliphatic rings. The Labute approximate surface area is 538 Å². The van der Waals surface area contributed by atoms with E-state index in [1.54, 1.807) is 38.0 Å². The number of pyridine rings is 3. The first-order chi connectivity index (χ1) is 46.3. The van der Waals surface area contributed by atoms with Crippen molar-refractivity contribution in [3.8, 4) is 72.5 Å². The number of carbonyl (C=O) groups is 3. The minimum atomic E-state index is -0.144. The van der Waals surface area contributed by atoms with Gasteiger partial charge >= 0.3 is 0 Å². The number of nitrogens with one attached hydrogen (secondary N) is 8. The van der Waals surface area contributed by atoms with Gasteiger partial charge in [-0.25, -0.2) is 15.0 Å². The molecule has 2 saturated heterocycles. The number of benzene rings is 4. The summed E-state index contributed by atoms with van der Waals surface area (Å²) in [7, 11) is 1.69. The molecule has 4 aromatic carbocycles. The molecule has 22 nitrogen and oxygen atoms in total. The Kier molecular flexibility index (Phi) is 17.1. The Morgan fingerprint density at radius 1 is 0.521 bits per heavy atom. The van der Waals surface area contributed by atoms with Gasteiger partial charge < -0.3 is 49.3 Å². The number of carbonyl (C=O) groups excluding carboxylic acids is 3. The molecule has 0 saturated carbocycles. The highest BCUT2D eigenvalue weighted by molar-refractivity contribution is 6.00. The molecule has 1 atom stereocenters. The number of ether oxygens (including phenoxy) is 2. The van der Waals surface area contributed by atoms with Crippen LogP contribution in [0.2, 0.25) is 0 Å². The molecule has 94 heavy (non-hydrogen) atoms. The average molecular weight is 1250 g/mol. The van der Waals surface area contributed by atoms with Crippen LogP contribution in [0.1, 0.15) is 49.7 Å². The van der Waals surface area contributed by atoms with Gasteiger partial charge in [-0.3, -0.25) is 29.7 Å². The fraction of sp³-hybridized carbons (Fsp3) is 0.153. The lowest BCUT2D eigenvalue weighted by molar-refractivity contribution is 0.0746. The van der Waals surface area contributed by atoms with Crippen LogP contribution in [0.4, 0.5) is 5.69 Å². The predicted molar refractivity (Wildman–Crippen MR) is 360 cm³/mol. The van der Waals surface area contributed by atoms with Gasteiger partial charge in [-0.05, 0) is 108 Å². The normalized spacial score (nSPS) is 13.7. The van der Waals surface area contributed by atoms with Crippen molar-refractivity contribution in [1.29, 1.82) is 0 Å². The van der Waals surface area contributed by atoms with Crippen LogP contribution >= 0.6 is 0 Å². The molecule has 8 N–H and O–H groups in total. The number of para-hydroxylation sites is 2. The number of rotatable bonds is 15. The molecule has 10 aromatic heterocycles. The number of nitrogens with zero attached hydrogens (tertiary/aromatic N) is 8. The summed E-state index contributed by atoms with van der Waals surface area (Å²) in [4.78, 5) is 65.3. The van der Waals surface area contributed by atoms with Crippen molar-refractivity contribution in [3.63, 3.8) is 0 Å². The van der Waals surface area contributed by atoms with Crippen LogP contribution in [0.25, 0.3) is 99.9 Å². The van der Waals surface area contributed by atoms with E-state index >= 15 is 0 Å². The second-order valence-electron chi connectivity index (χ2n) is 22.7. The first-order valence-electron chi connectivity index (χ1n) is 30.8. The molecule has 22 heteroatoms. The summed E-state index contributed by atoms with van der Waals surface area (Å²) in [5.41, 5.74) is 17.6. The maximum atomic E-state index is 13.2. The van der Waals surface area contributed by atoms with E-state index in [-0.39, 0.29) is 23.8 Å². The second-order valence-corrected chi connectivity index (χ2v) is 22.7. The van der Waals surface area contributed by atoms with E-state index in [0.29, 0.717) is 48.6 Å². The number of hydrogen-bond acceptors (Lipinski definition) is 13. The lowest BCUT2D eigenvalue weighted by Gasteiger charge is -2.36. The fourth-order valence-corrected chi connectivity index (χ4v) is 11.8. The summed E-state index contributed by atoms with van der Waals surface area (Å²) in [5.74, 6) is 1.41. The number of piperazine rings is 1. The minimum Gasteiger partial charge on any atom is -0.495 e. The summed E-state index contributed by atoms with van der Waals surface area (Å²) in [6, 6.07) is 40.8. The fourth-order valence-electron chi connectivity index (χ4n) is 11.8. The van der Waals surface area contributed by atoms with Crippen molar-refractivity contribution in [3.05, 3.63) is 230 Å². The maximum Gasteiger partial charge on any atom is 0.253 e. The Morgan fingerprint density at radius 3 is 1.44 bits per heavy atom. The van der Waals surface area contributed by atoms with Gasteiger partial charge in [0.15, 0.2) is 0 Å². The predicted octanol–water partition coefficient (Wildman–Crippen LogP) is 12.3. The lowest BCUT2D eigenvalue weighted by atomic mass is 10.0.